The molecule has 1 heterocycles. The SMILES string of the molecule is C[C@@H]1Cc2cc(O)cc(O)c2C(=O)O[C@H](C)CC(=O)O[C@H](C)Cc2cc(O)cc(O)c2C(=O)O[C@H](C)CC(=O)O[C@H](C)Cc2cc(O)cc(O)c2C(=O)O[C@H](C)CC(=O)O1. The molecule has 18 heteroatoms. The number of hydrogen-bond donors (Lipinski definition) is 6. The van der Waals surface area contributed by atoms with Gasteiger partial charge in [-0.2, -0.15) is 0 Å². The fourth-order valence-corrected chi connectivity index (χ4v) is 6.62. The van der Waals surface area contributed by atoms with Crippen LogP contribution in [-0.2, 0) is 62.1 Å². The van der Waals surface area contributed by atoms with E-state index in [1.165, 1.54) is 41.5 Å². The van der Waals surface area contributed by atoms with Gasteiger partial charge < -0.3 is 59.1 Å². The predicted octanol–water partition coefficient (Wildman–Crippen LogP) is 4.56. The number of carbonyl (C=O) groups excluding carboxylic acids is 6. The molecule has 0 aromatic heterocycles. The van der Waals surface area contributed by atoms with E-state index in [1.807, 2.05) is 0 Å². The molecule has 0 saturated heterocycles. The Balaban J connectivity index is 1.64. The molecule has 0 radical (unpaired) electrons. The fraction of sp³-hybridized carbons (Fsp3) is 0.429. The van der Waals surface area contributed by atoms with Crippen molar-refractivity contribution in [2.75, 3.05) is 0 Å². The second-order valence-corrected chi connectivity index (χ2v) is 14.8. The standard InChI is InChI=1S/C42H48O18/c1-19-7-25-13-28(43)16-31(46)37(25)40(52)59-23(5)11-35(50)56-21(3)9-27-15-30(45)18-33(48)39(27)42(54)60-24(6)12-36(51)57-20(2)8-26-14-29(44)17-32(47)38(26)41(53)58-22(4)10-34(49)55-19/h13-24,43-48H,7-12H2,1-6H3/t19-,20-,21-,22-,23-,24-/m1/s1. The smallest absolute Gasteiger partial charge is 0.342 e. The van der Waals surface area contributed by atoms with Gasteiger partial charge >= 0.3 is 35.8 Å². The molecule has 0 unspecified atom stereocenters. The first-order valence-corrected chi connectivity index (χ1v) is 19.0. The van der Waals surface area contributed by atoms with Crippen molar-refractivity contribution < 1.29 is 87.8 Å². The van der Waals surface area contributed by atoms with E-state index in [1.54, 1.807) is 0 Å². The van der Waals surface area contributed by atoms with Crippen LogP contribution in [0.2, 0.25) is 0 Å². The molecular formula is C42H48O18. The Hall–Kier alpha value is -6.72. The van der Waals surface area contributed by atoms with E-state index in [0.717, 1.165) is 36.4 Å². The maximum atomic E-state index is 13.3. The van der Waals surface area contributed by atoms with Crippen LogP contribution >= 0.6 is 0 Å². The van der Waals surface area contributed by atoms with Gasteiger partial charge in [-0.25, -0.2) is 14.4 Å². The maximum absolute atomic E-state index is 13.3. The quantitative estimate of drug-likeness (QED) is 0.134. The van der Waals surface area contributed by atoms with Crippen molar-refractivity contribution in [1.82, 2.24) is 0 Å². The number of fused-ring (bicyclic) bond motifs is 3. The van der Waals surface area contributed by atoms with Gasteiger partial charge in [-0.3, -0.25) is 14.4 Å². The van der Waals surface area contributed by atoms with Crippen LogP contribution in [0, 0.1) is 0 Å². The molecule has 3 aromatic rings. The van der Waals surface area contributed by atoms with Crippen molar-refractivity contribution in [2.45, 2.75) is 117 Å². The Bertz CT molecular complexity index is 1890. The summed E-state index contributed by atoms with van der Waals surface area (Å²) in [5.41, 5.74) is -1.07. The van der Waals surface area contributed by atoms with Gasteiger partial charge in [0.1, 0.15) is 87.8 Å². The van der Waals surface area contributed by atoms with E-state index in [9.17, 15) is 59.4 Å². The third kappa shape index (κ3) is 12.6. The van der Waals surface area contributed by atoms with Crippen LogP contribution in [-0.4, -0.2) is 103 Å². The zero-order valence-electron chi connectivity index (χ0n) is 33.8. The average Bonchev–Trinajstić information content (AvgIpc) is 3.05. The van der Waals surface area contributed by atoms with Crippen molar-refractivity contribution in [2.24, 2.45) is 0 Å². The molecule has 6 atom stereocenters. The lowest BCUT2D eigenvalue weighted by atomic mass is 10.00. The van der Waals surface area contributed by atoms with E-state index in [0.29, 0.717) is 0 Å². The lowest BCUT2D eigenvalue weighted by molar-refractivity contribution is -0.151. The highest BCUT2D eigenvalue weighted by Gasteiger charge is 2.29. The molecule has 3 aromatic carbocycles. The second kappa shape index (κ2) is 19.8. The highest BCUT2D eigenvalue weighted by atomic mass is 16.6. The normalized spacial score (nSPS) is 23.5. The fourth-order valence-electron chi connectivity index (χ4n) is 6.62. The van der Waals surface area contributed by atoms with E-state index in [4.69, 9.17) is 28.4 Å². The Morgan fingerprint density at radius 3 is 0.800 bits per heavy atom. The van der Waals surface area contributed by atoms with Gasteiger partial charge in [-0.15, -0.1) is 0 Å². The largest absolute Gasteiger partial charge is 0.508 e. The van der Waals surface area contributed by atoms with Gasteiger partial charge in [-0.05, 0) is 76.4 Å². The van der Waals surface area contributed by atoms with Crippen molar-refractivity contribution in [3.8, 4) is 34.5 Å². The summed E-state index contributed by atoms with van der Waals surface area (Å²) in [4.78, 5) is 78.6. The summed E-state index contributed by atoms with van der Waals surface area (Å²) in [6.07, 6.45) is -8.35. The molecular weight excluding hydrogens is 792 g/mol. The molecule has 60 heavy (non-hydrogen) atoms. The Morgan fingerprint density at radius 2 is 0.567 bits per heavy atom. The average molecular weight is 841 g/mol. The minimum atomic E-state index is -1.12. The van der Waals surface area contributed by atoms with Crippen molar-refractivity contribution >= 4 is 35.8 Å². The lowest BCUT2D eigenvalue weighted by Gasteiger charge is -2.21. The van der Waals surface area contributed by atoms with E-state index >= 15 is 0 Å². The zero-order chi connectivity index (χ0) is 44.6. The van der Waals surface area contributed by atoms with Gasteiger partial charge in [0.15, 0.2) is 0 Å². The molecule has 6 N–H and O–H groups in total. The highest BCUT2D eigenvalue weighted by Crippen LogP contribution is 2.33. The van der Waals surface area contributed by atoms with Crippen LogP contribution in [0.15, 0.2) is 36.4 Å². The first-order chi connectivity index (χ1) is 28.1. The number of benzene rings is 3. The molecule has 18 nitrogen and oxygen atoms in total. The van der Waals surface area contributed by atoms with Gasteiger partial charge in [0.05, 0.1) is 19.3 Å². The van der Waals surface area contributed by atoms with E-state index in [-0.39, 0.29) is 52.6 Å². The molecule has 4 rings (SSSR count). The highest BCUT2D eigenvalue weighted by molar-refractivity contribution is 5.96. The number of phenols is 6. The lowest BCUT2D eigenvalue weighted by Crippen LogP contribution is -2.26. The van der Waals surface area contributed by atoms with Gasteiger partial charge in [-0.1, -0.05) is 0 Å². The number of aromatic hydroxyl groups is 6. The van der Waals surface area contributed by atoms with E-state index in [2.05, 4.69) is 0 Å². The molecule has 0 fully saturated rings. The maximum Gasteiger partial charge on any atom is 0.342 e. The molecule has 1 aliphatic heterocycles. The second-order valence-electron chi connectivity index (χ2n) is 14.8. The summed E-state index contributed by atoms with van der Waals surface area (Å²) < 4.78 is 32.6. The molecule has 0 amide bonds. The molecule has 1 aliphatic rings. The summed E-state index contributed by atoms with van der Waals surface area (Å²) in [7, 11) is 0. The minimum Gasteiger partial charge on any atom is -0.508 e. The summed E-state index contributed by atoms with van der Waals surface area (Å²) in [6.45, 7) is 8.53. The number of phenolic OH excluding ortho intramolecular Hbond substituents is 6. The number of carbonyl (C=O) groups is 6. The van der Waals surface area contributed by atoms with E-state index < -0.39 is 126 Å². The third-order valence-corrected chi connectivity index (χ3v) is 8.97. The Morgan fingerprint density at radius 1 is 0.350 bits per heavy atom. The van der Waals surface area contributed by atoms with Crippen LogP contribution < -0.4 is 0 Å². The van der Waals surface area contributed by atoms with Gasteiger partial charge in [0, 0.05) is 37.5 Å². The van der Waals surface area contributed by atoms with Crippen LogP contribution in [0.4, 0.5) is 0 Å². The molecule has 0 aliphatic carbocycles. The van der Waals surface area contributed by atoms with Crippen molar-refractivity contribution in [3.05, 3.63) is 69.8 Å². The minimum absolute atomic E-state index is 0.0219. The zero-order valence-corrected chi connectivity index (χ0v) is 33.8. The number of esters is 6. The summed E-state index contributed by atoms with van der Waals surface area (Å²) >= 11 is 0. The molecule has 324 valence electrons. The van der Waals surface area contributed by atoms with Crippen molar-refractivity contribution in [1.29, 1.82) is 0 Å². The number of rotatable bonds is 0. The number of cyclic esters (lactones) is 6. The van der Waals surface area contributed by atoms with Crippen LogP contribution in [0.25, 0.3) is 0 Å². The van der Waals surface area contributed by atoms with Crippen molar-refractivity contribution in [3.63, 3.8) is 0 Å². The monoisotopic (exact) mass is 840 g/mol. The first-order valence-electron chi connectivity index (χ1n) is 19.0. The van der Waals surface area contributed by atoms with Gasteiger partial charge in [0.2, 0.25) is 0 Å². The van der Waals surface area contributed by atoms with Crippen LogP contribution in [0.3, 0.4) is 0 Å². The Kier molecular flexibility index (Phi) is 15.2. The number of ether oxygens (including phenoxy) is 6. The Labute approximate surface area is 344 Å². The topological polar surface area (TPSA) is 279 Å². The summed E-state index contributed by atoms with van der Waals surface area (Å²) in [5, 5.41) is 62.5. The first kappa shape index (κ1) is 46.0. The summed E-state index contributed by atoms with van der Waals surface area (Å²) in [6, 6.07) is 6.15. The number of hydrogen-bond acceptors (Lipinski definition) is 18. The third-order valence-electron chi connectivity index (χ3n) is 8.97. The molecule has 0 bridgehead atoms. The molecule has 0 spiro atoms. The summed E-state index contributed by atoms with van der Waals surface area (Å²) in [5.74, 6) is -9.02. The van der Waals surface area contributed by atoms with Crippen LogP contribution in [0.5, 0.6) is 34.5 Å². The van der Waals surface area contributed by atoms with Gasteiger partial charge in [0.25, 0.3) is 0 Å². The van der Waals surface area contributed by atoms with Crippen LogP contribution in [0.1, 0.15) is 109 Å². The molecule has 0 saturated carbocycles. The predicted molar refractivity (Wildman–Crippen MR) is 206 cm³/mol.